The summed E-state index contributed by atoms with van der Waals surface area (Å²) in [4.78, 5) is 55.9. The third-order valence-electron chi connectivity index (χ3n) is 7.86. The lowest BCUT2D eigenvalue weighted by Crippen LogP contribution is -2.58. The first-order valence-electron chi connectivity index (χ1n) is 14.9. The molecule has 238 valence electrons. The average Bonchev–Trinajstić information content (AvgIpc) is 3.06. The number of nitrogens with zero attached hydrogens (tertiary/aromatic N) is 3. The number of aliphatic hydroxyl groups is 1. The fourth-order valence-electron chi connectivity index (χ4n) is 5.47. The number of hydrazine groups is 1. The molecule has 0 fully saturated rings. The average molecular weight is 625 g/mol. The first-order chi connectivity index (χ1) is 22.2. The third-order valence-corrected chi connectivity index (χ3v) is 7.86. The van der Waals surface area contributed by atoms with Gasteiger partial charge in [0.2, 0.25) is 11.8 Å². The van der Waals surface area contributed by atoms with Gasteiger partial charge in [-0.05, 0) is 35.2 Å². The number of amides is 4. The zero-order chi connectivity index (χ0) is 32.6. The Morgan fingerprint density at radius 3 is 2.28 bits per heavy atom. The first-order valence-corrected chi connectivity index (χ1v) is 14.9. The lowest BCUT2D eigenvalue weighted by molar-refractivity contribution is -0.128. The van der Waals surface area contributed by atoms with Crippen molar-refractivity contribution >= 4 is 34.7 Å². The molecular formula is C34H36N6O6. The number of nitrogens with two attached hydrogens (primary N) is 1. The van der Waals surface area contributed by atoms with Crippen molar-refractivity contribution in [1.82, 2.24) is 25.6 Å². The summed E-state index contributed by atoms with van der Waals surface area (Å²) in [6.45, 7) is 0.545. The number of pyridine rings is 1. The van der Waals surface area contributed by atoms with E-state index in [-0.39, 0.29) is 25.2 Å². The van der Waals surface area contributed by atoms with Gasteiger partial charge < -0.3 is 26.2 Å². The number of aromatic nitrogens is 1. The summed E-state index contributed by atoms with van der Waals surface area (Å²) in [5.74, 6) is -2.16. The van der Waals surface area contributed by atoms with Gasteiger partial charge in [0.05, 0.1) is 37.7 Å². The molecule has 46 heavy (non-hydrogen) atoms. The molecule has 4 aromatic rings. The number of hydrogen-bond donors (Lipinski definition) is 4. The molecule has 5 N–H and O–H groups in total. The summed E-state index contributed by atoms with van der Waals surface area (Å²) in [5, 5.41) is 20.9. The Balaban J connectivity index is 1.36. The van der Waals surface area contributed by atoms with Crippen LogP contribution < -0.4 is 16.4 Å². The van der Waals surface area contributed by atoms with Crippen molar-refractivity contribution in [2.24, 2.45) is 5.73 Å². The van der Waals surface area contributed by atoms with Crippen LogP contribution in [0.4, 0.5) is 4.79 Å². The van der Waals surface area contributed by atoms with E-state index in [9.17, 15) is 24.3 Å². The summed E-state index contributed by atoms with van der Waals surface area (Å²) >= 11 is 0. The van der Waals surface area contributed by atoms with Gasteiger partial charge in [-0.15, -0.1) is 0 Å². The maximum absolute atomic E-state index is 13.7. The molecule has 12 nitrogen and oxygen atoms in total. The van der Waals surface area contributed by atoms with Gasteiger partial charge in [0.25, 0.3) is 5.91 Å². The summed E-state index contributed by atoms with van der Waals surface area (Å²) in [7, 11) is 1.29. The second kappa shape index (κ2) is 14.6. The van der Waals surface area contributed by atoms with Crippen LogP contribution in [0.5, 0.6) is 0 Å². The molecule has 3 aromatic carbocycles. The number of benzene rings is 3. The summed E-state index contributed by atoms with van der Waals surface area (Å²) in [6, 6.07) is 25.3. The Morgan fingerprint density at radius 1 is 0.891 bits per heavy atom. The Kier molecular flexibility index (Phi) is 10.2. The van der Waals surface area contributed by atoms with Crippen LogP contribution >= 0.6 is 0 Å². The number of fused-ring (bicyclic) bond motifs is 2. The van der Waals surface area contributed by atoms with E-state index in [0.717, 1.165) is 22.1 Å². The molecule has 0 saturated carbocycles. The highest BCUT2D eigenvalue weighted by molar-refractivity contribution is 5.99. The van der Waals surface area contributed by atoms with E-state index in [0.29, 0.717) is 12.1 Å². The molecule has 0 radical (unpaired) electrons. The van der Waals surface area contributed by atoms with E-state index < -0.39 is 48.4 Å². The van der Waals surface area contributed by atoms with Crippen molar-refractivity contribution in [2.75, 3.05) is 13.7 Å². The number of primary amides is 1. The molecule has 4 amide bonds. The van der Waals surface area contributed by atoms with Crippen LogP contribution in [0.15, 0.2) is 91.0 Å². The van der Waals surface area contributed by atoms with E-state index in [1.54, 1.807) is 23.2 Å². The topological polar surface area (TPSA) is 167 Å². The van der Waals surface area contributed by atoms with Gasteiger partial charge in [-0.3, -0.25) is 14.4 Å². The minimum absolute atomic E-state index is 0.0327. The predicted octanol–water partition coefficient (Wildman–Crippen LogP) is 2.30. The number of methoxy groups -OCH3 is 1. The molecule has 1 aliphatic heterocycles. The zero-order valence-corrected chi connectivity index (χ0v) is 25.3. The number of β-amino-alcohol motifs (C(OH)–C–C–N with tert-alkyl or cyclic N) is 1. The largest absolute Gasteiger partial charge is 0.452 e. The molecule has 1 aromatic heterocycles. The van der Waals surface area contributed by atoms with Crippen molar-refractivity contribution in [3.8, 4) is 0 Å². The molecule has 12 heteroatoms. The third kappa shape index (κ3) is 7.84. The molecular weight excluding hydrogens is 588 g/mol. The van der Waals surface area contributed by atoms with E-state index in [1.165, 1.54) is 18.2 Å². The molecule has 0 saturated heterocycles. The lowest BCUT2D eigenvalue weighted by atomic mass is 9.99. The number of carbonyl (C=O) groups excluding carboxylic acids is 4. The van der Waals surface area contributed by atoms with Gasteiger partial charge in [-0.1, -0.05) is 78.9 Å². The van der Waals surface area contributed by atoms with E-state index in [4.69, 9.17) is 10.5 Å². The quantitative estimate of drug-likeness (QED) is 0.197. The van der Waals surface area contributed by atoms with Crippen molar-refractivity contribution < 1.29 is 29.0 Å². The lowest BCUT2D eigenvalue weighted by Gasteiger charge is -2.40. The van der Waals surface area contributed by atoms with Gasteiger partial charge in [0.15, 0.2) is 0 Å². The maximum Gasteiger partial charge on any atom is 0.424 e. The van der Waals surface area contributed by atoms with Crippen LogP contribution in [0, 0.1) is 0 Å². The molecule has 0 bridgehead atoms. The monoisotopic (exact) mass is 624 g/mol. The standard InChI is InChI=1S/C34H36N6O6/c1-46-34(45)40-20-25-13-6-5-12-24(25)19-39(40)21-30(41)28(17-22-9-3-2-4-10-22)37-33(44)29(18-31(35)42)38-32(43)27-16-15-23-11-7-8-14-26(23)36-27/h2-16,28-30,41H,17-21H2,1H3,(H2,35,42)(H,37,44)(H,38,43)/t28?,29-,30?/m0/s1. The highest BCUT2D eigenvalue weighted by atomic mass is 16.5. The van der Waals surface area contributed by atoms with E-state index >= 15 is 0 Å². The summed E-state index contributed by atoms with van der Waals surface area (Å²) < 4.78 is 5.01. The number of carbonyl (C=O) groups is 4. The van der Waals surface area contributed by atoms with E-state index in [2.05, 4.69) is 15.6 Å². The Labute approximate surface area is 266 Å². The van der Waals surface area contributed by atoms with Gasteiger partial charge in [-0.25, -0.2) is 19.8 Å². The second-order valence-electron chi connectivity index (χ2n) is 11.1. The van der Waals surface area contributed by atoms with Crippen molar-refractivity contribution in [1.29, 1.82) is 0 Å². The molecule has 5 rings (SSSR count). The van der Waals surface area contributed by atoms with Gasteiger partial charge >= 0.3 is 6.09 Å². The second-order valence-corrected chi connectivity index (χ2v) is 11.1. The van der Waals surface area contributed by atoms with Crippen LogP contribution in [0.1, 0.15) is 33.6 Å². The number of para-hydroxylation sites is 1. The highest BCUT2D eigenvalue weighted by Gasteiger charge is 2.34. The summed E-state index contributed by atoms with van der Waals surface area (Å²) in [5.41, 5.74) is 8.90. The number of aliphatic hydroxyl groups excluding tert-OH is 1. The van der Waals surface area contributed by atoms with Crippen LogP contribution in [0.2, 0.25) is 0 Å². The number of nitrogens with one attached hydrogen (secondary N) is 2. The van der Waals surface area contributed by atoms with Crippen LogP contribution in [0.3, 0.4) is 0 Å². The van der Waals surface area contributed by atoms with Crippen LogP contribution in [-0.2, 0) is 33.8 Å². The number of ether oxygens (including phenoxy) is 1. The van der Waals surface area contributed by atoms with Gasteiger partial charge in [0.1, 0.15) is 11.7 Å². The molecule has 0 aliphatic carbocycles. The normalized spacial score (nSPS) is 14.9. The van der Waals surface area contributed by atoms with E-state index in [1.807, 2.05) is 66.7 Å². The minimum Gasteiger partial charge on any atom is -0.452 e. The molecule has 3 atom stereocenters. The molecule has 0 spiro atoms. The zero-order valence-electron chi connectivity index (χ0n) is 25.3. The van der Waals surface area contributed by atoms with Crippen molar-refractivity contribution in [2.45, 2.75) is 44.1 Å². The highest BCUT2D eigenvalue weighted by Crippen LogP contribution is 2.24. The van der Waals surface area contributed by atoms with Crippen molar-refractivity contribution in [3.63, 3.8) is 0 Å². The van der Waals surface area contributed by atoms with Crippen LogP contribution in [-0.4, -0.2) is 75.8 Å². The molecule has 2 unspecified atom stereocenters. The Hall–Kier alpha value is -5.33. The Bertz CT molecular complexity index is 1720. The minimum atomic E-state index is -1.34. The fourth-order valence-corrected chi connectivity index (χ4v) is 5.47. The number of rotatable bonds is 11. The van der Waals surface area contributed by atoms with Crippen molar-refractivity contribution in [3.05, 3.63) is 113 Å². The van der Waals surface area contributed by atoms with Gasteiger partial charge in [0, 0.05) is 18.5 Å². The molecule has 2 heterocycles. The Morgan fingerprint density at radius 2 is 1.57 bits per heavy atom. The van der Waals surface area contributed by atoms with Gasteiger partial charge in [-0.2, -0.15) is 0 Å². The smallest absolute Gasteiger partial charge is 0.424 e. The summed E-state index contributed by atoms with van der Waals surface area (Å²) in [6.07, 6.45) is -2.02. The molecule has 1 aliphatic rings. The fraction of sp³-hybridized carbons (Fsp3) is 0.265. The van der Waals surface area contributed by atoms with Crippen LogP contribution in [0.25, 0.3) is 10.9 Å². The number of hydrogen-bond acceptors (Lipinski definition) is 8. The predicted molar refractivity (Wildman–Crippen MR) is 170 cm³/mol. The SMILES string of the molecule is COC(=O)N1Cc2ccccc2CN1CC(O)C(Cc1ccccc1)NC(=O)[C@H](CC(N)=O)NC(=O)c1ccc2ccccc2n1. The maximum atomic E-state index is 13.7. The first kappa shape index (κ1) is 32.1.